The third-order valence-corrected chi connectivity index (χ3v) is 4.74. The van der Waals surface area contributed by atoms with Gasteiger partial charge in [0, 0.05) is 19.6 Å². The largest absolute Gasteiger partial charge is 0.387 e. The number of aromatic nitrogens is 2. The van der Waals surface area contributed by atoms with Crippen LogP contribution in [0.3, 0.4) is 0 Å². The molecule has 2 aliphatic heterocycles. The van der Waals surface area contributed by atoms with E-state index in [0.717, 1.165) is 18.8 Å². The van der Waals surface area contributed by atoms with E-state index in [9.17, 15) is 15.0 Å². The Labute approximate surface area is 130 Å². The minimum absolute atomic E-state index is 0.174. The number of aliphatic hydroxyl groups is 2. The first-order chi connectivity index (χ1) is 10.4. The molecule has 1 atom stereocenters. The second-order valence-corrected chi connectivity index (χ2v) is 6.52. The van der Waals surface area contributed by atoms with Gasteiger partial charge in [0.05, 0.1) is 30.6 Å². The van der Waals surface area contributed by atoms with Crippen LogP contribution in [-0.2, 0) is 17.9 Å². The molecule has 122 valence electrons. The summed E-state index contributed by atoms with van der Waals surface area (Å²) in [6.45, 7) is 4.74. The molecule has 2 N–H and O–H groups in total. The monoisotopic (exact) mass is 308 g/mol. The number of carbonyl (C=O) groups is 1. The van der Waals surface area contributed by atoms with Crippen molar-refractivity contribution in [3.63, 3.8) is 0 Å². The molecule has 0 bridgehead atoms. The number of carbonyl (C=O) groups excluding carboxylic acids is 1. The summed E-state index contributed by atoms with van der Waals surface area (Å²) < 4.78 is 1.84. The van der Waals surface area contributed by atoms with Crippen LogP contribution in [0, 0.1) is 0 Å². The van der Waals surface area contributed by atoms with Crippen molar-refractivity contribution in [3.05, 3.63) is 17.5 Å². The van der Waals surface area contributed by atoms with Gasteiger partial charge in [-0.1, -0.05) is 0 Å². The number of nitrogens with zero attached hydrogens (tertiary/aromatic N) is 4. The molecule has 0 aromatic carbocycles. The van der Waals surface area contributed by atoms with Crippen LogP contribution in [0.25, 0.3) is 0 Å². The third-order valence-electron chi connectivity index (χ3n) is 4.74. The van der Waals surface area contributed by atoms with E-state index in [2.05, 4.69) is 10.00 Å². The van der Waals surface area contributed by atoms with Crippen molar-refractivity contribution in [2.75, 3.05) is 26.7 Å². The van der Waals surface area contributed by atoms with E-state index < -0.39 is 11.7 Å². The van der Waals surface area contributed by atoms with Crippen LogP contribution in [-0.4, -0.2) is 68.0 Å². The summed E-state index contributed by atoms with van der Waals surface area (Å²) in [7, 11) is 2.00. The molecule has 1 amide bonds. The summed E-state index contributed by atoms with van der Waals surface area (Å²) in [5.41, 5.74) is 0.302. The Balaban J connectivity index is 1.72. The van der Waals surface area contributed by atoms with Crippen LogP contribution in [0.5, 0.6) is 0 Å². The number of fused-ring (bicyclic) bond motifs is 1. The van der Waals surface area contributed by atoms with Crippen molar-refractivity contribution >= 4 is 5.91 Å². The number of aliphatic hydroxyl groups excluding tert-OH is 1. The van der Waals surface area contributed by atoms with Crippen molar-refractivity contribution in [1.82, 2.24) is 19.6 Å². The Kier molecular flexibility index (Phi) is 3.96. The average Bonchev–Trinajstić information content (AvgIpc) is 2.93. The first-order valence-electron chi connectivity index (χ1n) is 7.84. The molecular formula is C15H24N4O3. The highest BCUT2D eigenvalue weighted by molar-refractivity contribution is 5.85. The lowest BCUT2D eigenvalue weighted by atomic mass is 9.90. The van der Waals surface area contributed by atoms with Gasteiger partial charge in [-0.15, -0.1) is 0 Å². The Morgan fingerprint density at radius 3 is 2.64 bits per heavy atom. The average molecular weight is 308 g/mol. The Bertz CT molecular complexity index is 561. The smallest absolute Gasteiger partial charge is 0.255 e. The number of likely N-dealkylation sites (tertiary alicyclic amines) is 1. The second-order valence-electron chi connectivity index (χ2n) is 6.52. The molecule has 7 nitrogen and oxygen atoms in total. The van der Waals surface area contributed by atoms with Crippen LogP contribution in [0.1, 0.15) is 37.3 Å². The van der Waals surface area contributed by atoms with E-state index in [0.29, 0.717) is 38.2 Å². The topological polar surface area (TPSA) is 81.8 Å². The quantitative estimate of drug-likeness (QED) is 0.786. The third kappa shape index (κ3) is 2.76. The number of piperidine rings is 1. The van der Waals surface area contributed by atoms with Crippen molar-refractivity contribution in [1.29, 1.82) is 0 Å². The maximum absolute atomic E-state index is 12.7. The summed E-state index contributed by atoms with van der Waals surface area (Å²) >= 11 is 0. The predicted octanol–water partition coefficient (Wildman–Crippen LogP) is -0.265. The van der Waals surface area contributed by atoms with Crippen molar-refractivity contribution in [2.45, 2.75) is 44.6 Å². The van der Waals surface area contributed by atoms with Crippen molar-refractivity contribution < 1.29 is 15.0 Å². The van der Waals surface area contributed by atoms with Crippen LogP contribution < -0.4 is 0 Å². The van der Waals surface area contributed by atoms with Crippen LogP contribution in [0.4, 0.5) is 0 Å². The molecule has 3 heterocycles. The highest BCUT2D eigenvalue weighted by atomic mass is 16.3. The van der Waals surface area contributed by atoms with Crippen LogP contribution in [0.15, 0.2) is 6.07 Å². The highest BCUT2D eigenvalue weighted by Crippen LogP contribution is 2.26. The minimum atomic E-state index is -1.23. The molecule has 1 aromatic heterocycles. The molecular weight excluding hydrogens is 284 g/mol. The molecule has 0 saturated carbocycles. The van der Waals surface area contributed by atoms with E-state index in [4.69, 9.17) is 0 Å². The molecule has 3 rings (SSSR count). The summed E-state index contributed by atoms with van der Waals surface area (Å²) in [6, 6.07) is 1.84. The lowest BCUT2D eigenvalue weighted by Crippen LogP contribution is -2.55. The van der Waals surface area contributed by atoms with Gasteiger partial charge in [-0.05, 0) is 32.9 Å². The zero-order chi connectivity index (χ0) is 15.9. The minimum Gasteiger partial charge on any atom is -0.387 e. The Morgan fingerprint density at radius 2 is 2.00 bits per heavy atom. The van der Waals surface area contributed by atoms with Gasteiger partial charge in [0.1, 0.15) is 5.60 Å². The molecule has 0 spiro atoms. The van der Waals surface area contributed by atoms with E-state index in [1.54, 1.807) is 11.8 Å². The fraction of sp³-hybridized carbons (Fsp3) is 0.733. The molecule has 1 saturated heterocycles. The molecule has 0 unspecified atom stereocenters. The fourth-order valence-corrected chi connectivity index (χ4v) is 3.16. The molecule has 1 fully saturated rings. The van der Waals surface area contributed by atoms with Gasteiger partial charge >= 0.3 is 0 Å². The molecule has 0 radical (unpaired) electrons. The van der Waals surface area contributed by atoms with E-state index in [1.165, 1.54) is 0 Å². The summed E-state index contributed by atoms with van der Waals surface area (Å²) in [4.78, 5) is 16.6. The fourth-order valence-electron chi connectivity index (χ4n) is 3.16. The van der Waals surface area contributed by atoms with Gasteiger partial charge in [-0.3, -0.25) is 9.48 Å². The number of hydrogen-bond donors (Lipinski definition) is 2. The molecule has 0 aliphatic carbocycles. The van der Waals surface area contributed by atoms with Gasteiger partial charge in [0.25, 0.3) is 5.91 Å². The van der Waals surface area contributed by atoms with Crippen LogP contribution in [0.2, 0.25) is 0 Å². The van der Waals surface area contributed by atoms with E-state index in [1.807, 2.05) is 17.8 Å². The number of amides is 1. The van der Waals surface area contributed by atoms with E-state index in [-0.39, 0.29) is 5.91 Å². The zero-order valence-corrected chi connectivity index (χ0v) is 13.2. The molecule has 2 aliphatic rings. The van der Waals surface area contributed by atoms with E-state index >= 15 is 0 Å². The van der Waals surface area contributed by atoms with Gasteiger partial charge in [0.15, 0.2) is 0 Å². The van der Waals surface area contributed by atoms with Crippen LogP contribution >= 0.6 is 0 Å². The summed E-state index contributed by atoms with van der Waals surface area (Å²) in [5.74, 6) is -0.174. The lowest BCUT2D eigenvalue weighted by molar-refractivity contribution is -0.157. The first kappa shape index (κ1) is 15.5. The first-order valence-corrected chi connectivity index (χ1v) is 7.84. The highest BCUT2D eigenvalue weighted by Gasteiger charge is 2.42. The predicted molar refractivity (Wildman–Crippen MR) is 80.0 cm³/mol. The summed E-state index contributed by atoms with van der Waals surface area (Å²) in [6.07, 6.45) is 0.355. The molecule has 22 heavy (non-hydrogen) atoms. The summed E-state index contributed by atoms with van der Waals surface area (Å²) in [5, 5.41) is 24.6. The Morgan fingerprint density at radius 1 is 1.32 bits per heavy atom. The standard InChI is InChI=1S/C15H24N4O3/c1-11(20)13-9-12-10-18(7-8-19(12)16-13)14(21)15(22)3-5-17(2)6-4-15/h9,11,20,22H,3-8,10H2,1-2H3/t11-/m0/s1. The van der Waals surface area contributed by atoms with Gasteiger partial charge in [0.2, 0.25) is 0 Å². The van der Waals surface area contributed by atoms with Crippen molar-refractivity contribution in [3.8, 4) is 0 Å². The normalized spacial score (nSPS) is 23.2. The maximum Gasteiger partial charge on any atom is 0.255 e. The van der Waals surface area contributed by atoms with Crippen molar-refractivity contribution in [2.24, 2.45) is 0 Å². The molecule has 1 aromatic rings. The Hall–Kier alpha value is -1.44. The zero-order valence-electron chi connectivity index (χ0n) is 13.2. The van der Waals surface area contributed by atoms with Gasteiger partial charge in [-0.25, -0.2) is 0 Å². The van der Waals surface area contributed by atoms with Gasteiger partial charge in [-0.2, -0.15) is 5.10 Å². The number of hydrogen-bond acceptors (Lipinski definition) is 5. The number of rotatable bonds is 2. The maximum atomic E-state index is 12.7. The second kappa shape index (κ2) is 5.64. The SMILES string of the molecule is C[C@H](O)c1cc2n(n1)CCN(C(=O)C1(O)CCN(C)CC1)C2. The molecule has 7 heteroatoms. The lowest BCUT2D eigenvalue weighted by Gasteiger charge is -2.39. The van der Waals surface area contributed by atoms with Gasteiger partial charge < -0.3 is 20.0 Å².